The molecule has 1 nitrogen and oxygen atoms in total. The third-order valence-electron chi connectivity index (χ3n) is 4.06. The van der Waals surface area contributed by atoms with Crippen molar-refractivity contribution in [2.24, 2.45) is 0 Å². The molecule has 0 saturated carbocycles. The van der Waals surface area contributed by atoms with E-state index in [1.807, 2.05) is 6.07 Å². The summed E-state index contributed by atoms with van der Waals surface area (Å²) in [7, 11) is 0. The Bertz CT molecular complexity index is 599. The van der Waals surface area contributed by atoms with Gasteiger partial charge in [0.25, 0.3) is 0 Å². The first-order valence-electron chi connectivity index (χ1n) is 7.15. The van der Waals surface area contributed by atoms with Gasteiger partial charge in [-0.1, -0.05) is 43.7 Å². The van der Waals surface area contributed by atoms with E-state index in [1.54, 1.807) is 0 Å². The molecular weight excluding hydrogens is 232 g/mol. The number of unbranched alkanes of at least 4 members (excludes halogenated alkanes) is 1. The smallest absolute Gasteiger partial charge is 0.127 e. The number of fused-ring (bicyclic) bond motifs is 3. The second-order valence-corrected chi connectivity index (χ2v) is 5.26. The van der Waals surface area contributed by atoms with E-state index < -0.39 is 0 Å². The highest BCUT2D eigenvalue weighted by atomic mass is 16.5. The molecule has 19 heavy (non-hydrogen) atoms. The number of para-hydroxylation sites is 1. The Morgan fingerprint density at radius 1 is 1.05 bits per heavy atom. The van der Waals surface area contributed by atoms with Crippen LogP contribution in [0.1, 0.15) is 36.5 Å². The van der Waals surface area contributed by atoms with Gasteiger partial charge in [0, 0.05) is 11.1 Å². The molecule has 0 N–H and O–H groups in total. The molecule has 1 heterocycles. The minimum absolute atomic E-state index is 0.706. The quantitative estimate of drug-likeness (QED) is 0.755. The number of rotatable bonds is 3. The van der Waals surface area contributed by atoms with Crippen LogP contribution in [0.4, 0.5) is 0 Å². The van der Waals surface area contributed by atoms with Gasteiger partial charge in [0.1, 0.15) is 12.4 Å². The van der Waals surface area contributed by atoms with Gasteiger partial charge in [-0.25, -0.2) is 0 Å². The van der Waals surface area contributed by atoms with E-state index >= 15 is 0 Å². The lowest BCUT2D eigenvalue weighted by Crippen LogP contribution is -2.09. The highest BCUT2D eigenvalue weighted by molar-refractivity contribution is 5.76. The number of ether oxygens (including phenoxy) is 1. The minimum atomic E-state index is 0.706. The fraction of sp³-hybridized carbons (Fsp3) is 0.333. The van der Waals surface area contributed by atoms with Gasteiger partial charge in [0.2, 0.25) is 0 Å². The monoisotopic (exact) mass is 252 g/mol. The summed E-state index contributed by atoms with van der Waals surface area (Å²) in [5.74, 6) is 1.01. The average Bonchev–Trinajstić information content (AvgIpc) is 2.46. The van der Waals surface area contributed by atoms with Crippen LogP contribution in [0, 0.1) is 6.92 Å². The number of aryl methyl sites for hydroxylation is 1. The van der Waals surface area contributed by atoms with Crippen LogP contribution < -0.4 is 4.74 Å². The highest BCUT2D eigenvalue weighted by Gasteiger charge is 2.19. The molecule has 0 unspecified atom stereocenters. The third-order valence-corrected chi connectivity index (χ3v) is 4.06. The Morgan fingerprint density at radius 3 is 2.74 bits per heavy atom. The maximum atomic E-state index is 5.89. The molecule has 1 aliphatic rings. The predicted octanol–water partition coefficient (Wildman–Crippen LogP) is 4.90. The van der Waals surface area contributed by atoms with Crippen molar-refractivity contribution in [2.45, 2.75) is 39.7 Å². The third kappa shape index (κ3) is 2.14. The Hall–Kier alpha value is -1.76. The molecular formula is C18H20O. The van der Waals surface area contributed by atoms with Crippen LogP contribution in [0.25, 0.3) is 11.1 Å². The summed E-state index contributed by atoms with van der Waals surface area (Å²) in [6.07, 6.45) is 3.68. The van der Waals surface area contributed by atoms with Crippen molar-refractivity contribution in [1.82, 2.24) is 0 Å². The Kier molecular flexibility index (Phi) is 3.29. The zero-order valence-electron chi connectivity index (χ0n) is 11.7. The average molecular weight is 252 g/mol. The molecule has 0 saturated heterocycles. The summed E-state index contributed by atoms with van der Waals surface area (Å²) in [6.45, 7) is 5.19. The Labute approximate surface area is 115 Å². The van der Waals surface area contributed by atoms with Gasteiger partial charge >= 0.3 is 0 Å². The molecule has 2 aromatic rings. The van der Waals surface area contributed by atoms with Crippen LogP contribution in [-0.4, -0.2) is 0 Å². The standard InChI is InChI=1S/C18H20O/c1-3-4-7-14-10-11-15-16-8-5-6-9-18(16)19-12-17(15)13(14)2/h5-6,8-11H,3-4,7,12H2,1-2H3. The SMILES string of the molecule is CCCCc1ccc2c(c1C)COc1ccccc1-2. The predicted molar refractivity (Wildman–Crippen MR) is 79.6 cm³/mol. The molecule has 0 spiro atoms. The summed E-state index contributed by atoms with van der Waals surface area (Å²) < 4.78 is 5.89. The molecule has 2 aromatic carbocycles. The van der Waals surface area contributed by atoms with E-state index in [0.29, 0.717) is 6.61 Å². The maximum absolute atomic E-state index is 5.89. The normalized spacial score (nSPS) is 12.5. The second kappa shape index (κ2) is 5.08. The van der Waals surface area contributed by atoms with Crippen molar-refractivity contribution in [2.75, 3.05) is 0 Å². The van der Waals surface area contributed by atoms with E-state index in [1.165, 1.54) is 47.1 Å². The van der Waals surface area contributed by atoms with E-state index in [0.717, 1.165) is 5.75 Å². The molecule has 0 bridgehead atoms. The molecule has 0 aliphatic carbocycles. The van der Waals surface area contributed by atoms with E-state index in [-0.39, 0.29) is 0 Å². The van der Waals surface area contributed by atoms with Crippen LogP contribution in [0.2, 0.25) is 0 Å². The number of hydrogen-bond acceptors (Lipinski definition) is 1. The van der Waals surface area contributed by atoms with Crippen molar-refractivity contribution < 1.29 is 4.74 Å². The van der Waals surface area contributed by atoms with Gasteiger partial charge in [-0.05, 0) is 42.5 Å². The fourth-order valence-electron chi connectivity index (χ4n) is 2.85. The zero-order valence-corrected chi connectivity index (χ0v) is 11.7. The number of benzene rings is 2. The molecule has 1 aliphatic heterocycles. The molecule has 0 radical (unpaired) electrons. The van der Waals surface area contributed by atoms with Crippen LogP contribution >= 0.6 is 0 Å². The Morgan fingerprint density at radius 2 is 1.89 bits per heavy atom. The van der Waals surface area contributed by atoms with Crippen LogP contribution in [-0.2, 0) is 13.0 Å². The van der Waals surface area contributed by atoms with Gasteiger partial charge in [-0.15, -0.1) is 0 Å². The van der Waals surface area contributed by atoms with Gasteiger partial charge in [0.15, 0.2) is 0 Å². The van der Waals surface area contributed by atoms with Gasteiger partial charge in [0.05, 0.1) is 0 Å². The van der Waals surface area contributed by atoms with Crippen LogP contribution in [0.3, 0.4) is 0 Å². The molecule has 0 fully saturated rings. The lowest BCUT2D eigenvalue weighted by Gasteiger charge is -2.23. The summed E-state index contributed by atoms with van der Waals surface area (Å²) in [6, 6.07) is 12.9. The summed E-state index contributed by atoms with van der Waals surface area (Å²) in [4.78, 5) is 0. The van der Waals surface area contributed by atoms with E-state index in [9.17, 15) is 0 Å². The van der Waals surface area contributed by atoms with Crippen molar-refractivity contribution in [3.05, 3.63) is 53.1 Å². The molecule has 98 valence electrons. The summed E-state index contributed by atoms with van der Waals surface area (Å²) in [5, 5.41) is 0. The maximum Gasteiger partial charge on any atom is 0.127 e. The molecule has 0 amide bonds. The lowest BCUT2D eigenvalue weighted by atomic mass is 9.89. The molecule has 0 atom stereocenters. The second-order valence-electron chi connectivity index (χ2n) is 5.26. The highest BCUT2D eigenvalue weighted by Crippen LogP contribution is 2.39. The molecule has 1 heteroatoms. The minimum Gasteiger partial charge on any atom is -0.488 e. The lowest BCUT2D eigenvalue weighted by molar-refractivity contribution is 0.301. The first-order valence-corrected chi connectivity index (χ1v) is 7.15. The van der Waals surface area contributed by atoms with E-state index in [4.69, 9.17) is 4.74 Å². The Balaban J connectivity index is 2.06. The van der Waals surface area contributed by atoms with Crippen molar-refractivity contribution in [3.8, 4) is 16.9 Å². The number of hydrogen-bond donors (Lipinski definition) is 0. The zero-order chi connectivity index (χ0) is 13.2. The summed E-state index contributed by atoms with van der Waals surface area (Å²) in [5.41, 5.74) is 6.84. The van der Waals surface area contributed by atoms with Gasteiger partial charge in [-0.2, -0.15) is 0 Å². The van der Waals surface area contributed by atoms with E-state index in [2.05, 4.69) is 44.2 Å². The summed E-state index contributed by atoms with van der Waals surface area (Å²) >= 11 is 0. The fourth-order valence-corrected chi connectivity index (χ4v) is 2.85. The van der Waals surface area contributed by atoms with Crippen molar-refractivity contribution in [3.63, 3.8) is 0 Å². The molecule has 0 aromatic heterocycles. The van der Waals surface area contributed by atoms with Crippen LogP contribution in [0.5, 0.6) is 5.75 Å². The van der Waals surface area contributed by atoms with Crippen molar-refractivity contribution in [1.29, 1.82) is 0 Å². The first-order chi connectivity index (χ1) is 9.31. The van der Waals surface area contributed by atoms with Gasteiger partial charge in [-0.3, -0.25) is 0 Å². The first kappa shape index (κ1) is 12.3. The van der Waals surface area contributed by atoms with Crippen molar-refractivity contribution >= 4 is 0 Å². The van der Waals surface area contributed by atoms with Gasteiger partial charge < -0.3 is 4.74 Å². The topological polar surface area (TPSA) is 9.23 Å². The van der Waals surface area contributed by atoms with Crippen LogP contribution in [0.15, 0.2) is 36.4 Å². The largest absolute Gasteiger partial charge is 0.488 e. The molecule has 3 rings (SSSR count).